The van der Waals surface area contributed by atoms with Gasteiger partial charge in [0, 0.05) is 60.4 Å². The minimum atomic E-state index is -0.464. The molecule has 11 nitrogen and oxygen atoms in total. The number of aryl methyl sites for hydroxylation is 3. The number of rotatable bonds is 5. The van der Waals surface area contributed by atoms with Crippen molar-refractivity contribution in [1.82, 2.24) is 29.7 Å². The van der Waals surface area contributed by atoms with Crippen LogP contribution in [0.4, 0.5) is 0 Å². The topological polar surface area (TPSA) is 141 Å². The Hall–Kier alpha value is -6.80. The SMILES string of the molecule is Cc1cc(-c2cc3cccc(-c4ccc5c(c4)n(C)c(=O)n5C)c3cn2)cnc1C(=O)NCC#Cc1ccc2occ([C@@H]3CCC(=O)NC3=O)c2c1. The molecule has 1 saturated heterocycles. The number of piperidine rings is 1. The Balaban J connectivity index is 0.967. The molecule has 11 heteroatoms. The summed E-state index contributed by atoms with van der Waals surface area (Å²) in [5.74, 6) is 4.65. The van der Waals surface area contributed by atoms with Crippen LogP contribution in [0.25, 0.3) is 55.2 Å². The predicted molar refractivity (Wildman–Crippen MR) is 197 cm³/mol. The Morgan fingerprint density at radius 3 is 2.62 bits per heavy atom. The molecule has 0 unspecified atom stereocenters. The molecule has 0 bridgehead atoms. The lowest BCUT2D eigenvalue weighted by Crippen LogP contribution is -2.39. The van der Waals surface area contributed by atoms with Crippen molar-refractivity contribution >= 4 is 50.5 Å². The number of fused-ring (bicyclic) bond motifs is 3. The van der Waals surface area contributed by atoms with Crippen molar-refractivity contribution in [1.29, 1.82) is 0 Å². The summed E-state index contributed by atoms with van der Waals surface area (Å²) < 4.78 is 8.95. The maximum absolute atomic E-state index is 13.1. The van der Waals surface area contributed by atoms with Gasteiger partial charge in [-0.3, -0.25) is 38.8 Å². The molecule has 52 heavy (non-hydrogen) atoms. The first kappa shape index (κ1) is 32.4. The summed E-state index contributed by atoms with van der Waals surface area (Å²) in [7, 11) is 3.55. The number of hydrogen-bond donors (Lipinski definition) is 2. The van der Waals surface area contributed by atoms with Crippen LogP contribution in [0.2, 0.25) is 0 Å². The summed E-state index contributed by atoms with van der Waals surface area (Å²) in [6, 6.07) is 21.5. The van der Waals surface area contributed by atoms with Crippen molar-refractivity contribution in [2.75, 3.05) is 6.54 Å². The molecule has 256 valence electrons. The number of carbonyl (C=O) groups is 3. The van der Waals surface area contributed by atoms with Crippen LogP contribution in [-0.4, -0.2) is 43.4 Å². The number of carbonyl (C=O) groups excluding carboxylic acids is 3. The predicted octanol–water partition coefficient (Wildman–Crippen LogP) is 5.51. The van der Waals surface area contributed by atoms with Crippen molar-refractivity contribution in [2.45, 2.75) is 25.7 Å². The van der Waals surface area contributed by atoms with Gasteiger partial charge in [0.05, 0.1) is 35.5 Å². The molecular formula is C41H32N6O5. The van der Waals surface area contributed by atoms with Gasteiger partial charge in [-0.15, -0.1) is 0 Å². The molecule has 0 radical (unpaired) electrons. The third kappa shape index (κ3) is 5.70. The van der Waals surface area contributed by atoms with Crippen molar-refractivity contribution in [3.8, 4) is 34.2 Å². The number of pyridine rings is 2. The zero-order valence-electron chi connectivity index (χ0n) is 28.6. The second-order valence-corrected chi connectivity index (χ2v) is 13.0. The highest BCUT2D eigenvalue weighted by atomic mass is 16.3. The van der Waals surface area contributed by atoms with Gasteiger partial charge in [-0.1, -0.05) is 36.1 Å². The van der Waals surface area contributed by atoms with Crippen LogP contribution in [0.5, 0.6) is 0 Å². The standard InChI is InChI=1S/C41H32N6O5/c1-23-16-27(33-18-25-7-4-8-28(31(25)21-43-33)26-10-12-34-35(19-26)47(3)41(51)46(34)2)20-44-38(23)40(50)42-15-5-6-24-9-13-36-30(17-24)32(22-52-36)29-11-14-37(48)45-39(29)49/h4,7-10,12-13,16-22,29H,11,14-15H2,1-3H3,(H,42,50)(H,45,48,49)/t29-/m0/s1. The normalized spacial score (nSPS) is 14.4. The van der Waals surface area contributed by atoms with Crippen LogP contribution in [0.1, 0.15) is 45.9 Å². The minimum Gasteiger partial charge on any atom is -0.464 e. The van der Waals surface area contributed by atoms with E-state index in [2.05, 4.69) is 27.5 Å². The number of nitrogens with zero attached hydrogens (tertiary/aromatic N) is 4. The van der Waals surface area contributed by atoms with E-state index in [0.29, 0.717) is 28.8 Å². The number of benzene rings is 3. The number of aromatic nitrogens is 4. The van der Waals surface area contributed by atoms with E-state index in [1.165, 1.54) is 0 Å². The zero-order chi connectivity index (χ0) is 36.1. The Kier molecular flexibility index (Phi) is 7.99. The van der Waals surface area contributed by atoms with Crippen molar-refractivity contribution in [2.24, 2.45) is 14.1 Å². The van der Waals surface area contributed by atoms with E-state index in [9.17, 15) is 19.2 Å². The van der Waals surface area contributed by atoms with Crippen LogP contribution in [0.3, 0.4) is 0 Å². The molecule has 1 aliphatic heterocycles. The van der Waals surface area contributed by atoms with Crippen LogP contribution in [0, 0.1) is 18.8 Å². The molecule has 0 aliphatic carbocycles. The molecule has 8 rings (SSSR count). The van der Waals surface area contributed by atoms with E-state index in [0.717, 1.165) is 55.1 Å². The summed E-state index contributed by atoms with van der Waals surface area (Å²) in [5.41, 5.74) is 8.24. The lowest BCUT2D eigenvalue weighted by atomic mass is 9.90. The maximum Gasteiger partial charge on any atom is 0.328 e. The lowest BCUT2D eigenvalue weighted by Gasteiger charge is -2.19. The second kappa shape index (κ2) is 12.8. The van der Waals surface area contributed by atoms with Gasteiger partial charge in [0.1, 0.15) is 11.3 Å². The summed E-state index contributed by atoms with van der Waals surface area (Å²) in [4.78, 5) is 58.8. The van der Waals surface area contributed by atoms with Crippen LogP contribution >= 0.6 is 0 Å². The minimum absolute atomic E-state index is 0.0677. The van der Waals surface area contributed by atoms with E-state index >= 15 is 0 Å². The first-order valence-electron chi connectivity index (χ1n) is 16.8. The molecule has 1 aliphatic rings. The monoisotopic (exact) mass is 688 g/mol. The second-order valence-electron chi connectivity index (χ2n) is 13.0. The number of nitrogens with one attached hydrogen (secondary N) is 2. The smallest absolute Gasteiger partial charge is 0.328 e. The summed E-state index contributed by atoms with van der Waals surface area (Å²) in [6.07, 6.45) is 5.76. The molecule has 5 heterocycles. The Bertz CT molecular complexity index is 2760. The number of furan rings is 1. The van der Waals surface area contributed by atoms with Gasteiger partial charge in [0.15, 0.2) is 0 Å². The average Bonchev–Trinajstić information content (AvgIpc) is 3.66. The first-order valence-corrected chi connectivity index (χ1v) is 16.8. The fourth-order valence-corrected chi connectivity index (χ4v) is 6.95. The maximum atomic E-state index is 13.1. The van der Waals surface area contributed by atoms with E-state index in [1.807, 2.05) is 73.8 Å². The summed E-state index contributed by atoms with van der Waals surface area (Å²) in [6.45, 7) is 1.94. The van der Waals surface area contributed by atoms with E-state index in [4.69, 9.17) is 9.40 Å². The van der Waals surface area contributed by atoms with Gasteiger partial charge < -0.3 is 9.73 Å². The van der Waals surface area contributed by atoms with Gasteiger partial charge in [0.25, 0.3) is 5.91 Å². The quantitative estimate of drug-likeness (QED) is 0.180. The van der Waals surface area contributed by atoms with Crippen LogP contribution in [0.15, 0.2) is 94.6 Å². The first-order chi connectivity index (χ1) is 25.2. The molecule has 1 atom stereocenters. The largest absolute Gasteiger partial charge is 0.464 e. The molecule has 0 saturated carbocycles. The van der Waals surface area contributed by atoms with Gasteiger partial charge in [-0.25, -0.2) is 4.79 Å². The average molecular weight is 689 g/mol. The van der Waals surface area contributed by atoms with Crippen molar-refractivity contribution < 1.29 is 18.8 Å². The van der Waals surface area contributed by atoms with Gasteiger partial charge >= 0.3 is 5.69 Å². The molecule has 3 amide bonds. The fourth-order valence-electron chi connectivity index (χ4n) is 6.95. The van der Waals surface area contributed by atoms with Crippen molar-refractivity contribution in [3.63, 3.8) is 0 Å². The van der Waals surface area contributed by atoms with Gasteiger partial charge in [-0.2, -0.15) is 0 Å². The van der Waals surface area contributed by atoms with Crippen molar-refractivity contribution in [3.05, 3.63) is 118 Å². The Morgan fingerprint density at radius 2 is 1.79 bits per heavy atom. The summed E-state index contributed by atoms with van der Waals surface area (Å²) >= 11 is 0. The van der Waals surface area contributed by atoms with Gasteiger partial charge in [0.2, 0.25) is 11.8 Å². The molecule has 1 fully saturated rings. The number of hydrogen-bond acceptors (Lipinski definition) is 7. The number of imidazole rings is 1. The highest BCUT2D eigenvalue weighted by molar-refractivity contribution is 6.03. The number of imide groups is 1. The Labute approximate surface area is 297 Å². The number of amides is 3. The third-order valence-corrected chi connectivity index (χ3v) is 9.72. The summed E-state index contributed by atoms with van der Waals surface area (Å²) in [5, 5.41) is 7.97. The van der Waals surface area contributed by atoms with E-state index in [-0.39, 0.29) is 36.4 Å². The Morgan fingerprint density at radius 1 is 0.942 bits per heavy atom. The van der Waals surface area contributed by atoms with Crippen LogP contribution < -0.4 is 16.3 Å². The molecule has 7 aromatic rings. The van der Waals surface area contributed by atoms with E-state index < -0.39 is 5.92 Å². The highest BCUT2D eigenvalue weighted by Crippen LogP contribution is 2.34. The molecule has 0 spiro atoms. The fraction of sp³-hybridized carbons (Fsp3) is 0.171. The van der Waals surface area contributed by atoms with E-state index in [1.54, 1.807) is 41.8 Å². The zero-order valence-corrected chi connectivity index (χ0v) is 28.6. The van der Waals surface area contributed by atoms with Crippen LogP contribution in [-0.2, 0) is 23.7 Å². The van der Waals surface area contributed by atoms with Gasteiger partial charge in [-0.05, 0) is 77.9 Å². The third-order valence-electron chi connectivity index (χ3n) is 9.72. The molecule has 3 aromatic carbocycles. The lowest BCUT2D eigenvalue weighted by molar-refractivity contribution is -0.134. The molecule has 2 N–H and O–H groups in total. The molecule has 4 aromatic heterocycles. The molecular weight excluding hydrogens is 656 g/mol. The highest BCUT2D eigenvalue weighted by Gasteiger charge is 2.30.